The minimum atomic E-state index is -0.0461. The normalized spacial score (nSPS) is 11.4. The predicted octanol–water partition coefficient (Wildman–Crippen LogP) is 3.60. The first kappa shape index (κ1) is 16.7. The molecule has 2 aromatic rings. The van der Waals surface area contributed by atoms with Gasteiger partial charge in [-0.2, -0.15) is 0 Å². The van der Waals surface area contributed by atoms with Crippen LogP contribution in [0.1, 0.15) is 37.6 Å². The number of aliphatic hydroxyl groups excluding tert-OH is 1. The first-order valence-corrected chi connectivity index (χ1v) is 8.25. The van der Waals surface area contributed by atoms with E-state index in [1.807, 2.05) is 4.57 Å². The van der Waals surface area contributed by atoms with Gasteiger partial charge < -0.3 is 9.67 Å². The lowest BCUT2D eigenvalue weighted by Crippen LogP contribution is -2.10. The molecule has 0 saturated carbocycles. The molecular formula is C18H22N2OS. The van der Waals surface area contributed by atoms with Crippen molar-refractivity contribution in [1.82, 2.24) is 9.55 Å². The van der Waals surface area contributed by atoms with Crippen LogP contribution >= 0.6 is 11.8 Å². The molecule has 0 amide bonds. The summed E-state index contributed by atoms with van der Waals surface area (Å²) in [6.45, 7) is 7.02. The quantitative estimate of drug-likeness (QED) is 0.677. The second-order valence-corrected chi connectivity index (χ2v) is 7.16. The molecule has 1 aromatic carbocycles. The largest absolute Gasteiger partial charge is 0.390 e. The van der Waals surface area contributed by atoms with Gasteiger partial charge in [0.1, 0.15) is 0 Å². The summed E-state index contributed by atoms with van der Waals surface area (Å²) >= 11 is 1.63. The average Bonchev–Trinajstić information content (AvgIpc) is 2.87. The monoisotopic (exact) mass is 314 g/mol. The van der Waals surface area contributed by atoms with Gasteiger partial charge in [-0.25, -0.2) is 4.98 Å². The number of terminal acetylenes is 1. The average molecular weight is 314 g/mol. The molecule has 2 rings (SSSR count). The number of hydrogen-bond acceptors (Lipinski definition) is 3. The van der Waals surface area contributed by atoms with E-state index < -0.39 is 0 Å². The Hall–Kier alpha value is -1.70. The molecule has 0 aliphatic heterocycles. The lowest BCUT2D eigenvalue weighted by atomic mass is 9.87. The summed E-state index contributed by atoms with van der Waals surface area (Å²) in [6, 6.07) is 8.69. The van der Waals surface area contributed by atoms with E-state index in [0.29, 0.717) is 6.54 Å². The number of aromatic nitrogens is 2. The Balaban J connectivity index is 2.07. The SMILES string of the molecule is C#CCn1c(CO)cnc1SCc1ccc(C(C)(C)C)cc1. The number of imidazole rings is 1. The van der Waals surface area contributed by atoms with Gasteiger partial charge in [-0.15, -0.1) is 6.42 Å². The fraction of sp³-hybridized carbons (Fsp3) is 0.389. The van der Waals surface area contributed by atoms with Gasteiger partial charge in [0.05, 0.1) is 25.0 Å². The number of nitrogens with zero attached hydrogens (tertiary/aromatic N) is 2. The molecule has 0 radical (unpaired) electrons. The molecule has 4 heteroatoms. The Morgan fingerprint density at radius 1 is 1.27 bits per heavy atom. The summed E-state index contributed by atoms with van der Waals surface area (Å²) < 4.78 is 1.88. The van der Waals surface area contributed by atoms with Gasteiger partial charge >= 0.3 is 0 Å². The van der Waals surface area contributed by atoms with E-state index >= 15 is 0 Å². The molecule has 1 aromatic heterocycles. The van der Waals surface area contributed by atoms with E-state index in [-0.39, 0.29) is 12.0 Å². The van der Waals surface area contributed by atoms with Crippen LogP contribution in [0.15, 0.2) is 35.6 Å². The van der Waals surface area contributed by atoms with Gasteiger partial charge in [0, 0.05) is 5.75 Å². The maximum absolute atomic E-state index is 9.31. The highest BCUT2D eigenvalue weighted by atomic mass is 32.2. The third-order valence-corrected chi connectivity index (χ3v) is 4.56. The molecule has 22 heavy (non-hydrogen) atoms. The van der Waals surface area contributed by atoms with Gasteiger partial charge in [-0.1, -0.05) is 62.7 Å². The molecule has 0 unspecified atom stereocenters. The van der Waals surface area contributed by atoms with Crippen LogP contribution in [0.5, 0.6) is 0 Å². The van der Waals surface area contributed by atoms with E-state index in [1.54, 1.807) is 18.0 Å². The molecule has 0 atom stereocenters. The molecule has 0 spiro atoms. The molecule has 3 nitrogen and oxygen atoms in total. The van der Waals surface area contributed by atoms with Crippen molar-refractivity contribution in [3.63, 3.8) is 0 Å². The van der Waals surface area contributed by atoms with E-state index in [1.165, 1.54) is 11.1 Å². The maximum Gasteiger partial charge on any atom is 0.169 e. The lowest BCUT2D eigenvalue weighted by Gasteiger charge is -2.19. The van der Waals surface area contributed by atoms with Crippen LogP contribution < -0.4 is 0 Å². The molecule has 0 bridgehead atoms. The van der Waals surface area contributed by atoms with Gasteiger partial charge in [0.2, 0.25) is 0 Å². The van der Waals surface area contributed by atoms with Crippen LogP contribution in [0.2, 0.25) is 0 Å². The standard InChI is InChI=1S/C18H22N2OS/c1-5-10-20-16(12-21)11-19-17(20)22-13-14-6-8-15(9-7-14)18(2,3)4/h1,6-9,11,21H,10,12-13H2,2-4H3. The van der Waals surface area contributed by atoms with Gasteiger partial charge in [0.25, 0.3) is 0 Å². The van der Waals surface area contributed by atoms with Gasteiger partial charge in [0.15, 0.2) is 5.16 Å². The maximum atomic E-state index is 9.31. The van der Waals surface area contributed by atoms with Crippen molar-refractivity contribution < 1.29 is 5.11 Å². The number of hydrogen-bond donors (Lipinski definition) is 1. The third kappa shape index (κ3) is 3.94. The summed E-state index contributed by atoms with van der Waals surface area (Å²) in [5, 5.41) is 10.2. The zero-order chi connectivity index (χ0) is 16.2. The van der Waals surface area contributed by atoms with Crippen LogP contribution in [0, 0.1) is 12.3 Å². The van der Waals surface area contributed by atoms with Crippen LogP contribution in [0.25, 0.3) is 0 Å². The van der Waals surface area contributed by atoms with Crippen LogP contribution in [-0.4, -0.2) is 14.7 Å². The highest BCUT2D eigenvalue weighted by molar-refractivity contribution is 7.98. The predicted molar refractivity (Wildman–Crippen MR) is 91.7 cm³/mol. The Bertz CT molecular complexity index is 660. The van der Waals surface area contributed by atoms with Crippen LogP contribution in [-0.2, 0) is 24.3 Å². The fourth-order valence-electron chi connectivity index (χ4n) is 2.14. The first-order valence-electron chi connectivity index (χ1n) is 7.26. The van der Waals surface area contributed by atoms with Gasteiger partial charge in [-0.3, -0.25) is 0 Å². The lowest BCUT2D eigenvalue weighted by molar-refractivity contribution is 0.270. The number of rotatable bonds is 5. The van der Waals surface area contributed by atoms with Crippen molar-refractivity contribution in [2.45, 2.75) is 50.2 Å². The third-order valence-electron chi connectivity index (χ3n) is 3.50. The summed E-state index contributed by atoms with van der Waals surface area (Å²) in [7, 11) is 0. The highest BCUT2D eigenvalue weighted by Gasteiger charge is 2.13. The second-order valence-electron chi connectivity index (χ2n) is 6.22. The number of aliphatic hydroxyl groups is 1. The van der Waals surface area contributed by atoms with Crippen LogP contribution in [0.4, 0.5) is 0 Å². The zero-order valence-corrected chi connectivity index (χ0v) is 14.2. The van der Waals surface area contributed by atoms with Crippen molar-refractivity contribution in [2.24, 2.45) is 0 Å². The second kappa shape index (κ2) is 7.04. The van der Waals surface area contributed by atoms with E-state index in [0.717, 1.165) is 16.6 Å². The van der Waals surface area contributed by atoms with E-state index in [2.05, 4.69) is 55.9 Å². The molecular weight excluding hydrogens is 292 g/mol. The summed E-state index contributed by atoms with van der Waals surface area (Å²) in [5.74, 6) is 3.44. The molecule has 116 valence electrons. The topological polar surface area (TPSA) is 38.0 Å². The molecule has 1 heterocycles. The highest BCUT2D eigenvalue weighted by Crippen LogP contribution is 2.26. The van der Waals surface area contributed by atoms with Crippen molar-refractivity contribution in [1.29, 1.82) is 0 Å². The Morgan fingerprint density at radius 2 is 1.95 bits per heavy atom. The molecule has 0 saturated heterocycles. The Labute approximate surface area is 136 Å². The Morgan fingerprint density at radius 3 is 2.50 bits per heavy atom. The van der Waals surface area contributed by atoms with Crippen molar-refractivity contribution in [3.8, 4) is 12.3 Å². The zero-order valence-electron chi connectivity index (χ0n) is 13.3. The Kier molecular flexibility index (Phi) is 5.33. The van der Waals surface area contributed by atoms with E-state index in [9.17, 15) is 5.11 Å². The van der Waals surface area contributed by atoms with Gasteiger partial charge in [-0.05, 0) is 16.5 Å². The molecule has 0 aliphatic carbocycles. The minimum absolute atomic E-state index is 0.0461. The summed E-state index contributed by atoms with van der Waals surface area (Å²) in [5.41, 5.74) is 3.50. The number of benzene rings is 1. The van der Waals surface area contributed by atoms with Crippen molar-refractivity contribution in [3.05, 3.63) is 47.3 Å². The minimum Gasteiger partial charge on any atom is -0.390 e. The van der Waals surface area contributed by atoms with Crippen molar-refractivity contribution in [2.75, 3.05) is 0 Å². The van der Waals surface area contributed by atoms with Crippen molar-refractivity contribution >= 4 is 11.8 Å². The number of thioether (sulfide) groups is 1. The molecule has 0 fully saturated rings. The first-order chi connectivity index (χ1) is 10.5. The fourth-order valence-corrected chi connectivity index (χ4v) is 3.10. The molecule has 0 aliphatic rings. The smallest absolute Gasteiger partial charge is 0.169 e. The summed E-state index contributed by atoms with van der Waals surface area (Å²) in [4.78, 5) is 4.35. The van der Waals surface area contributed by atoms with Crippen LogP contribution in [0.3, 0.4) is 0 Å². The summed E-state index contributed by atoms with van der Waals surface area (Å²) in [6.07, 6.45) is 7.07. The molecule has 1 N–H and O–H groups in total. The van der Waals surface area contributed by atoms with E-state index in [4.69, 9.17) is 6.42 Å².